The molecule has 84 valence electrons. The van der Waals surface area contributed by atoms with E-state index in [4.69, 9.17) is 10.5 Å². The van der Waals surface area contributed by atoms with Gasteiger partial charge in [-0.2, -0.15) is 0 Å². The van der Waals surface area contributed by atoms with Crippen molar-refractivity contribution in [3.05, 3.63) is 29.6 Å². The van der Waals surface area contributed by atoms with Gasteiger partial charge < -0.3 is 15.8 Å². The van der Waals surface area contributed by atoms with Crippen LogP contribution in [0.5, 0.6) is 5.75 Å². The second kappa shape index (κ2) is 4.35. The molecule has 0 saturated carbocycles. The molecule has 0 bridgehead atoms. The molecule has 0 aliphatic carbocycles. The minimum atomic E-state index is -0.614. The molecule has 1 aromatic rings. The summed E-state index contributed by atoms with van der Waals surface area (Å²) in [6.07, 6.45) is 0. The van der Waals surface area contributed by atoms with Crippen LogP contribution in [0.25, 0.3) is 0 Å². The number of rotatable bonds is 2. The molecule has 5 heteroatoms. The van der Waals surface area contributed by atoms with Gasteiger partial charge in [-0.3, -0.25) is 0 Å². The van der Waals surface area contributed by atoms with E-state index in [1.807, 2.05) is 0 Å². The molecule has 2 rings (SSSR count). The molecule has 0 atom stereocenters. The molecule has 1 aliphatic heterocycles. The molecule has 0 unspecified atom stereocenters. The summed E-state index contributed by atoms with van der Waals surface area (Å²) in [5.74, 6) is 0.224. The smallest absolute Gasteiger partial charge is 0.132 e. The third-order valence-electron chi connectivity index (χ3n) is 2.57. The van der Waals surface area contributed by atoms with E-state index in [-0.39, 0.29) is 18.2 Å². The Kier molecular flexibility index (Phi) is 3.54. The SMILES string of the molecule is COc1cccc(F)c1C1(N)CNC1.Cl. The number of methoxy groups -OCH3 is 1. The fourth-order valence-electron chi connectivity index (χ4n) is 1.73. The summed E-state index contributed by atoms with van der Waals surface area (Å²) in [4.78, 5) is 0. The normalized spacial score (nSPS) is 17.5. The fraction of sp³-hybridized carbons (Fsp3) is 0.400. The predicted octanol–water partition coefficient (Wildman–Crippen LogP) is 1.01. The van der Waals surface area contributed by atoms with E-state index in [1.165, 1.54) is 13.2 Å². The van der Waals surface area contributed by atoms with Crippen molar-refractivity contribution >= 4 is 12.4 Å². The number of hydrogen-bond donors (Lipinski definition) is 2. The fourth-order valence-corrected chi connectivity index (χ4v) is 1.73. The Labute approximate surface area is 94.2 Å². The number of nitrogens with two attached hydrogens (primary N) is 1. The van der Waals surface area contributed by atoms with Crippen LogP contribution in [0, 0.1) is 5.82 Å². The quantitative estimate of drug-likeness (QED) is 0.800. The predicted molar refractivity (Wildman–Crippen MR) is 58.9 cm³/mol. The Balaban J connectivity index is 0.00000112. The van der Waals surface area contributed by atoms with Gasteiger partial charge in [-0.05, 0) is 12.1 Å². The standard InChI is InChI=1S/C10H13FN2O.ClH/c1-14-8-4-2-3-7(11)9(8)10(12)5-13-6-10;/h2-4,13H,5-6,12H2,1H3;1H. The van der Waals surface area contributed by atoms with E-state index in [1.54, 1.807) is 12.1 Å². The molecular weight excluding hydrogens is 219 g/mol. The zero-order chi connectivity index (χ0) is 10.2. The summed E-state index contributed by atoms with van der Waals surface area (Å²) in [5.41, 5.74) is 5.88. The summed E-state index contributed by atoms with van der Waals surface area (Å²) >= 11 is 0. The third kappa shape index (κ3) is 1.93. The van der Waals surface area contributed by atoms with E-state index in [9.17, 15) is 4.39 Å². The van der Waals surface area contributed by atoms with Crippen LogP contribution in [0.15, 0.2) is 18.2 Å². The van der Waals surface area contributed by atoms with Crippen LogP contribution in [-0.2, 0) is 5.54 Å². The largest absolute Gasteiger partial charge is 0.496 e. The monoisotopic (exact) mass is 232 g/mol. The maximum atomic E-state index is 13.6. The summed E-state index contributed by atoms with van der Waals surface area (Å²) in [6.45, 7) is 1.18. The number of ether oxygens (including phenoxy) is 1. The Bertz CT molecular complexity index is 355. The van der Waals surface area contributed by atoms with Gasteiger partial charge in [0, 0.05) is 13.1 Å². The first kappa shape index (κ1) is 12.2. The molecule has 0 aromatic heterocycles. The first-order chi connectivity index (χ1) is 6.67. The van der Waals surface area contributed by atoms with Gasteiger partial charge in [-0.25, -0.2) is 4.39 Å². The molecule has 0 amide bonds. The molecule has 1 heterocycles. The Hall–Kier alpha value is -0.840. The van der Waals surface area contributed by atoms with Crippen molar-refractivity contribution in [3.8, 4) is 5.75 Å². The van der Waals surface area contributed by atoms with Crippen LogP contribution in [0.3, 0.4) is 0 Å². The van der Waals surface area contributed by atoms with Gasteiger partial charge in [-0.1, -0.05) is 6.07 Å². The lowest BCUT2D eigenvalue weighted by molar-refractivity contribution is 0.264. The van der Waals surface area contributed by atoms with Crippen molar-refractivity contribution in [2.45, 2.75) is 5.54 Å². The first-order valence-corrected chi connectivity index (χ1v) is 4.50. The Morgan fingerprint density at radius 3 is 2.60 bits per heavy atom. The van der Waals surface area contributed by atoms with Crippen molar-refractivity contribution < 1.29 is 9.13 Å². The van der Waals surface area contributed by atoms with Crippen molar-refractivity contribution in [3.63, 3.8) is 0 Å². The van der Waals surface area contributed by atoms with Crippen molar-refractivity contribution in [2.24, 2.45) is 5.73 Å². The van der Waals surface area contributed by atoms with Gasteiger partial charge in [0.1, 0.15) is 11.6 Å². The van der Waals surface area contributed by atoms with E-state index in [0.717, 1.165) is 0 Å². The summed E-state index contributed by atoms with van der Waals surface area (Å²) < 4.78 is 18.7. The average Bonchev–Trinajstić information content (AvgIpc) is 2.14. The summed E-state index contributed by atoms with van der Waals surface area (Å²) in [7, 11) is 1.52. The minimum absolute atomic E-state index is 0. The van der Waals surface area contributed by atoms with Gasteiger partial charge in [-0.15, -0.1) is 12.4 Å². The molecule has 15 heavy (non-hydrogen) atoms. The number of nitrogens with one attached hydrogen (secondary N) is 1. The zero-order valence-corrected chi connectivity index (χ0v) is 9.23. The Morgan fingerprint density at radius 2 is 2.13 bits per heavy atom. The van der Waals surface area contributed by atoms with Gasteiger partial charge in [0.15, 0.2) is 0 Å². The maximum absolute atomic E-state index is 13.6. The van der Waals surface area contributed by atoms with Crippen LogP contribution >= 0.6 is 12.4 Å². The highest BCUT2D eigenvalue weighted by Crippen LogP contribution is 2.32. The highest BCUT2D eigenvalue weighted by molar-refractivity contribution is 5.85. The van der Waals surface area contributed by atoms with Crippen molar-refractivity contribution in [2.75, 3.05) is 20.2 Å². The molecule has 1 aliphatic rings. The first-order valence-electron chi connectivity index (χ1n) is 4.50. The molecule has 0 radical (unpaired) electrons. The molecular formula is C10H14ClFN2O. The Morgan fingerprint density at radius 1 is 1.47 bits per heavy atom. The van der Waals surface area contributed by atoms with Crippen molar-refractivity contribution in [1.29, 1.82) is 0 Å². The number of benzene rings is 1. The third-order valence-corrected chi connectivity index (χ3v) is 2.57. The number of hydrogen-bond acceptors (Lipinski definition) is 3. The zero-order valence-electron chi connectivity index (χ0n) is 8.42. The van der Waals surface area contributed by atoms with E-state index >= 15 is 0 Å². The van der Waals surface area contributed by atoms with Crippen LogP contribution < -0.4 is 15.8 Å². The molecule has 1 saturated heterocycles. The second-order valence-electron chi connectivity index (χ2n) is 3.58. The van der Waals surface area contributed by atoms with Gasteiger partial charge in [0.05, 0.1) is 18.2 Å². The second-order valence-corrected chi connectivity index (χ2v) is 3.58. The van der Waals surface area contributed by atoms with E-state index in [0.29, 0.717) is 24.4 Å². The topological polar surface area (TPSA) is 47.3 Å². The highest BCUT2D eigenvalue weighted by atomic mass is 35.5. The average molecular weight is 233 g/mol. The van der Waals surface area contributed by atoms with Gasteiger partial charge in [0.2, 0.25) is 0 Å². The maximum Gasteiger partial charge on any atom is 0.132 e. The minimum Gasteiger partial charge on any atom is -0.496 e. The highest BCUT2D eigenvalue weighted by Gasteiger charge is 2.38. The molecule has 0 spiro atoms. The molecule has 3 N–H and O–H groups in total. The van der Waals surface area contributed by atoms with Gasteiger partial charge in [0.25, 0.3) is 0 Å². The van der Waals surface area contributed by atoms with Crippen molar-refractivity contribution in [1.82, 2.24) is 5.32 Å². The van der Waals surface area contributed by atoms with E-state index < -0.39 is 5.54 Å². The van der Waals surface area contributed by atoms with Crippen LogP contribution in [0.2, 0.25) is 0 Å². The molecule has 1 aromatic carbocycles. The van der Waals surface area contributed by atoms with E-state index in [2.05, 4.69) is 5.32 Å². The lowest BCUT2D eigenvalue weighted by Gasteiger charge is -2.40. The van der Waals surface area contributed by atoms with Crippen LogP contribution in [0.1, 0.15) is 5.56 Å². The summed E-state index contributed by atoms with van der Waals surface area (Å²) in [5, 5.41) is 3.03. The summed E-state index contributed by atoms with van der Waals surface area (Å²) in [6, 6.07) is 4.75. The molecule has 3 nitrogen and oxygen atoms in total. The van der Waals surface area contributed by atoms with Crippen LogP contribution in [-0.4, -0.2) is 20.2 Å². The lowest BCUT2D eigenvalue weighted by Crippen LogP contribution is -2.63. The number of halogens is 2. The van der Waals surface area contributed by atoms with Crippen LogP contribution in [0.4, 0.5) is 4.39 Å². The lowest BCUT2D eigenvalue weighted by atomic mass is 9.84. The molecule has 1 fully saturated rings. The van der Waals surface area contributed by atoms with Gasteiger partial charge >= 0.3 is 0 Å².